The third-order valence-corrected chi connectivity index (χ3v) is 6.50. The summed E-state index contributed by atoms with van der Waals surface area (Å²) >= 11 is 1.37. The molecule has 4 rings (SSSR count). The molecule has 0 saturated carbocycles. The molecule has 3 aromatic rings. The van der Waals surface area contributed by atoms with Crippen LogP contribution in [0.1, 0.15) is 33.5 Å². The SMILES string of the molecule is Cc1ccc(C(=O)CC2SC(=Nc3ccccc3C)N(c3ccccc3C)C2=O)cc1. The highest BCUT2D eigenvalue weighted by Gasteiger charge is 2.40. The Kier molecular flexibility index (Phi) is 6.05. The molecule has 1 aliphatic heterocycles. The molecule has 1 aliphatic rings. The van der Waals surface area contributed by atoms with Crippen LogP contribution in [-0.4, -0.2) is 22.1 Å². The van der Waals surface area contributed by atoms with Crippen LogP contribution in [0.4, 0.5) is 11.4 Å². The molecule has 156 valence electrons. The molecular formula is C26H24N2O2S. The number of aryl methyl sites for hydroxylation is 3. The highest BCUT2D eigenvalue weighted by atomic mass is 32.2. The molecule has 1 saturated heterocycles. The first-order chi connectivity index (χ1) is 14.9. The van der Waals surface area contributed by atoms with Gasteiger partial charge in [0, 0.05) is 12.0 Å². The molecule has 1 unspecified atom stereocenters. The van der Waals surface area contributed by atoms with E-state index < -0.39 is 5.25 Å². The van der Waals surface area contributed by atoms with Gasteiger partial charge in [0.05, 0.1) is 16.6 Å². The number of thioether (sulfide) groups is 1. The van der Waals surface area contributed by atoms with Crippen LogP contribution in [0.25, 0.3) is 0 Å². The Bertz CT molecular complexity index is 1170. The van der Waals surface area contributed by atoms with Crippen molar-refractivity contribution in [3.05, 3.63) is 95.1 Å². The number of amides is 1. The molecule has 1 fully saturated rings. The number of carbonyl (C=O) groups excluding carboxylic acids is 2. The van der Waals surface area contributed by atoms with Gasteiger partial charge >= 0.3 is 0 Å². The van der Waals surface area contributed by atoms with Gasteiger partial charge in [-0.05, 0) is 44.0 Å². The third kappa shape index (κ3) is 4.47. The van der Waals surface area contributed by atoms with E-state index in [0.29, 0.717) is 10.7 Å². The number of nitrogens with zero attached hydrogens (tertiary/aromatic N) is 2. The fourth-order valence-corrected chi connectivity index (χ4v) is 4.67. The summed E-state index contributed by atoms with van der Waals surface area (Å²) in [5.41, 5.74) is 5.37. The lowest BCUT2D eigenvalue weighted by Crippen LogP contribution is -2.33. The lowest BCUT2D eigenvalue weighted by Gasteiger charge is -2.19. The van der Waals surface area contributed by atoms with Crippen molar-refractivity contribution in [1.29, 1.82) is 0 Å². The molecule has 0 spiro atoms. The van der Waals surface area contributed by atoms with Gasteiger partial charge in [0.25, 0.3) is 0 Å². The lowest BCUT2D eigenvalue weighted by atomic mass is 10.0. The Balaban J connectivity index is 1.69. The molecule has 4 nitrogen and oxygen atoms in total. The van der Waals surface area contributed by atoms with Gasteiger partial charge in [0.15, 0.2) is 11.0 Å². The normalized spacial score (nSPS) is 17.4. The highest BCUT2D eigenvalue weighted by molar-refractivity contribution is 8.16. The second-order valence-electron chi connectivity index (χ2n) is 7.74. The van der Waals surface area contributed by atoms with Crippen molar-refractivity contribution < 1.29 is 9.59 Å². The monoisotopic (exact) mass is 428 g/mol. The number of para-hydroxylation sites is 2. The first-order valence-corrected chi connectivity index (χ1v) is 11.1. The van der Waals surface area contributed by atoms with E-state index in [-0.39, 0.29) is 18.1 Å². The van der Waals surface area contributed by atoms with Crippen LogP contribution in [0, 0.1) is 20.8 Å². The van der Waals surface area contributed by atoms with Crippen molar-refractivity contribution in [3.8, 4) is 0 Å². The number of anilines is 1. The molecule has 0 bridgehead atoms. The number of Topliss-reactive ketones (excluding diaryl/α,β-unsaturated/α-hetero) is 1. The highest BCUT2D eigenvalue weighted by Crippen LogP contribution is 2.37. The summed E-state index contributed by atoms with van der Waals surface area (Å²) in [4.78, 5) is 32.8. The van der Waals surface area contributed by atoms with E-state index >= 15 is 0 Å². The zero-order chi connectivity index (χ0) is 22.0. The zero-order valence-corrected chi connectivity index (χ0v) is 18.6. The molecule has 0 N–H and O–H groups in total. The first kappa shape index (κ1) is 21.1. The number of amidine groups is 1. The average Bonchev–Trinajstić information content (AvgIpc) is 3.05. The van der Waals surface area contributed by atoms with Gasteiger partial charge in [-0.2, -0.15) is 0 Å². The predicted molar refractivity (Wildman–Crippen MR) is 128 cm³/mol. The van der Waals surface area contributed by atoms with Gasteiger partial charge in [-0.15, -0.1) is 0 Å². The van der Waals surface area contributed by atoms with E-state index in [1.807, 2.05) is 93.6 Å². The topological polar surface area (TPSA) is 49.7 Å². The molecule has 0 aromatic heterocycles. The van der Waals surface area contributed by atoms with E-state index in [0.717, 1.165) is 28.1 Å². The minimum absolute atomic E-state index is 0.0345. The number of hydrogen-bond donors (Lipinski definition) is 0. The summed E-state index contributed by atoms with van der Waals surface area (Å²) in [6, 6.07) is 23.1. The maximum atomic E-state index is 13.4. The van der Waals surface area contributed by atoms with Crippen LogP contribution < -0.4 is 4.90 Å². The maximum absolute atomic E-state index is 13.4. The van der Waals surface area contributed by atoms with E-state index in [1.165, 1.54) is 11.8 Å². The van der Waals surface area contributed by atoms with Crippen molar-refractivity contribution in [3.63, 3.8) is 0 Å². The van der Waals surface area contributed by atoms with Gasteiger partial charge in [0.1, 0.15) is 0 Å². The number of aliphatic imine (C=N–C) groups is 1. The molecule has 1 heterocycles. The van der Waals surface area contributed by atoms with Gasteiger partial charge in [0.2, 0.25) is 5.91 Å². The number of ketones is 1. The molecule has 1 amide bonds. The Morgan fingerprint density at radius 3 is 2.23 bits per heavy atom. The summed E-state index contributed by atoms with van der Waals surface area (Å²) in [7, 11) is 0. The quantitative estimate of drug-likeness (QED) is 0.467. The average molecular weight is 429 g/mol. The van der Waals surface area contributed by atoms with Crippen LogP contribution in [0.5, 0.6) is 0 Å². The standard InChI is InChI=1S/C26H24N2O2S/c1-17-12-14-20(15-13-17)23(29)16-24-25(30)28(22-11-7-5-9-19(22)3)26(31-24)27-21-10-6-4-8-18(21)2/h4-15,24H,16H2,1-3H3. The van der Waals surface area contributed by atoms with Crippen molar-refractivity contribution in [2.45, 2.75) is 32.4 Å². The number of rotatable bonds is 5. The van der Waals surface area contributed by atoms with E-state index in [9.17, 15) is 9.59 Å². The Labute approximate surface area is 187 Å². The summed E-state index contributed by atoms with van der Waals surface area (Å²) in [5.74, 6) is -0.139. The second kappa shape index (κ2) is 8.90. The molecule has 1 atom stereocenters. The first-order valence-electron chi connectivity index (χ1n) is 10.2. The van der Waals surface area contributed by atoms with Gasteiger partial charge in [-0.3, -0.25) is 14.5 Å². The predicted octanol–water partition coefficient (Wildman–Crippen LogP) is 6.02. The van der Waals surface area contributed by atoms with Gasteiger partial charge in [-0.25, -0.2) is 4.99 Å². The largest absolute Gasteiger partial charge is 0.294 e. The number of hydrogen-bond acceptors (Lipinski definition) is 4. The second-order valence-corrected chi connectivity index (χ2v) is 8.91. The van der Waals surface area contributed by atoms with Crippen LogP contribution in [0.3, 0.4) is 0 Å². The van der Waals surface area contributed by atoms with Crippen molar-refractivity contribution in [2.24, 2.45) is 4.99 Å². The summed E-state index contributed by atoms with van der Waals surface area (Å²) < 4.78 is 0. The molecular weight excluding hydrogens is 404 g/mol. The zero-order valence-electron chi connectivity index (χ0n) is 17.8. The fraction of sp³-hybridized carbons (Fsp3) is 0.192. The van der Waals surface area contributed by atoms with Crippen LogP contribution in [-0.2, 0) is 4.79 Å². The lowest BCUT2D eigenvalue weighted by molar-refractivity contribution is -0.116. The molecule has 31 heavy (non-hydrogen) atoms. The summed E-state index contributed by atoms with van der Waals surface area (Å²) in [5, 5.41) is 0.103. The maximum Gasteiger partial charge on any atom is 0.247 e. The van der Waals surface area contributed by atoms with Crippen molar-refractivity contribution >= 4 is 40.0 Å². The van der Waals surface area contributed by atoms with Crippen LogP contribution in [0.15, 0.2) is 77.8 Å². The molecule has 0 aliphatic carbocycles. The minimum Gasteiger partial charge on any atom is -0.294 e. The van der Waals surface area contributed by atoms with Crippen molar-refractivity contribution in [2.75, 3.05) is 4.90 Å². The number of benzene rings is 3. The Hall–Kier alpha value is -3.18. The third-order valence-electron chi connectivity index (χ3n) is 5.37. The van der Waals surface area contributed by atoms with Gasteiger partial charge in [-0.1, -0.05) is 78.0 Å². The molecule has 3 aromatic carbocycles. The molecule has 5 heteroatoms. The van der Waals surface area contributed by atoms with Crippen molar-refractivity contribution in [1.82, 2.24) is 0 Å². The minimum atomic E-state index is -0.504. The van der Waals surface area contributed by atoms with E-state index in [4.69, 9.17) is 4.99 Å². The van der Waals surface area contributed by atoms with Crippen LogP contribution in [0.2, 0.25) is 0 Å². The van der Waals surface area contributed by atoms with E-state index in [1.54, 1.807) is 4.90 Å². The summed E-state index contributed by atoms with van der Waals surface area (Å²) in [6.45, 7) is 5.96. The Morgan fingerprint density at radius 2 is 1.55 bits per heavy atom. The Morgan fingerprint density at radius 1 is 0.903 bits per heavy atom. The number of carbonyl (C=O) groups is 2. The van der Waals surface area contributed by atoms with Crippen LogP contribution >= 0.6 is 11.8 Å². The smallest absolute Gasteiger partial charge is 0.247 e. The van der Waals surface area contributed by atoms with E-state index in [2.05, 4.69) is 0 Å². The van der Waals surface area contributed by atoms with Gasteiger partial charge < -0.3 is 0 Å². The fourth-order valence-electron chi connectivity index (χ4n) is 3.53. The molecule has 0 radical (unpaired) electrons. The summed E-state index contributed by atoms with van der Waals surface area (Å²) in [6.07, 6.45) is 0.141.